The van der Waals surface area contributed by atoms with E-state index in [1.165, 1.54) is 13.4 Å². The van der Waals surface area contributed by atoms with Crippen molar-refractivity contribution in [3.05, 3.63) is 22.7 Å². The van der Waals surface area contributed by atoms with Gasteiger partial charge >= 0.3 is 0 Å². The van der Waals surface area contributed by atoms with Crippen molar-refractivity contribution in [2.24, 2.45) is 0 Å². The zero-order valence-corrected chi connectivity index (χ0v) is 10.2. The third-order valence-electron chi connectivity index (χ3n) is 3.19. The summed E-state index contributed by atoms with van der Waals surface area (Å²) in [6.07, 6.45) is -0.0408. The van der Waals surface area contributed by atoms with E-state index in [1.807, 2.05) is 0 Å². The van der Waals surface area contributed by atoms with Gasteiger partial charge in [-0.1, -0.05) is 0 Å². The summed E-state index contributed by atoms with van der Waals surface area (Å²) in [5.41, 5.74) is 6.02. The van der Waals surface area contributed by atoms with Gasteiger partial charge in [-0.15, -0.1) is 0 Å². The van der Waals surface area contributed by atoms with E-state index in [0.717, 1.165) is 0 Å². The molecule has 2 aromatic heterocycles. The van der Waals surface area contributed by atoms with Crippen LogP contribution in [0.2, 0.25) is 0 Å². The van der Waals surface area contributed by atoms with Crippen LogP contribution in [-0.2, 0) is 9.47 Å². The van der Waals surface area contributed by atoms with Crippen LogP contribution < -0.4 is 11.3 Å². The molecule has 8 heteroatoms. The smallest absolute Gasteiger partial charge is 0.277 e. The van der Waals surface area contributed by atoms with E-state index in [1.54, 1.807) is 10.6 Å². The van der Waals surface area contributed by atoms with Gasteiger partial charge in [-0.2, -0.15) is 0 Å². The maximum Gasteiger partial charge on any atom is 0.277 e. The molecule has 102 valence electrons. The Labute approximate surface area is 107 Å². The van der Waals surface area contributed by atoms with E-state index in [-0.39, 0.29) is 16.9 Å². The monoisotopic (exact) mass is 266 g/mol. The van der Waals surface area contributed by atoms with Crippen molar-refractivity contribution in [3.8, 4) is 0 Å². The first-order chi connectivity index (χ1) is 9.10. The molecule has 1 fully saturated rings. The number of nitrogens with two attached hydrogens (primary N) is 1. The van der Waals surface area contributed by atoms with Crippen LogP contribution in [0.4, 0.5) is 5.82 Å². The van der Waals surface area contributed by atoms with Crippen molar-refractivity contribution in [2.45, 2.75) is 25.0 Å². The standard InChI is InChI=1S/C11H14N4O4/c1-18-8-3-6(16)11(19-8)15-4-13-9-5(15)2-7(12)14-10(9)17/h2,4,6,8,11,16H,3H2,1H3,(H3,12,14,17)/t6?,8-,11+/m0/s1. The molecule has 3 heterocycles. The molecule has 3 rings (SSSR count). The lowest BCUT2D eigenvalue weighted by molar-refractivity contribution is -0.138. The number of nitrogen functional groups attached to an aromatic ring is 1. The lowest BCUT2D eigenvalue weighted by Crippen LogP contribution is -2.19. The van der Waals surface area contributed by atoms with Crippen LogP contribution in [0.5, 0.6) is 0 Å². The number of hydrogen-bond donors (Lipinski definition) is 3. The molecule has 0 aliphatic carbocycles. The molecule has 1 aliphatic rings. The summed E-state index contributed by atoms with van der Waals surface area (Å²) >= 11 is 0. The first-order valence-electron chi connectivity index (χ1n) is 5.82. The highest BCUT2D eigenvalue weighted by Crippen LogP contribution is 2.31. The van der Waals surface area contributed by atoms with Gasteiger partial charge in [0, 0.05) is 19.6 Å². The van der Waals surface area contributed by atoms with Crippen LogP contribution in [0.1, 0.15) is 12.6 Å². The number of nitrogens with one attached hydrogen (secondary N) is 1. The number of nitrogens with zero attached hydrogens (tertiary/aromatic N) is 2. The van der Waals surface area contributed by atoms with E-state index < -0.39 is 18.6 Å². The number of rotatable bonds is 2. The Hall–Kier alpha value is -1.90. The first-order valence-corrected chi connectivity index (χ1v) is 5.82. The fourth-order valence-corrected chi connectivity index (χ4v) is 2.28. The highest BCUT2D eigenvalue weighted by atomic mass is 16.7. The van der Waals surface area contributed by atoms with Gasteiger partial charge < -0.3 is 29.9 Å². The minimum atomic E-state index is -0.733. The molecular weight excluding hydrogens is 252 g/mol. The normalized spacial score (nSPS) is 27.2. The quantitative estimate of drug-likeness (QED) is 0.678. The molecule has 0 amide bonds. The number of H-pyrrole nitrogens is 1. The maximum absolute atomic E-state index is 11.7. The van der Waals surface area contributed by atoms with Crippen molar-refractivity contribution in [3.63, 3.8) is 0 Å². The number of aromatic amines is 1. The van der Waals surface area contributed by atoms with E-state index in [4.69, 9.17) is 15.2 Å². The molecule has 0 bridgehead atoms. The average Bonchev–Trinajstić information content (AvgIpc) is 2.92. The predicted octanol–water partition coefficient (Wildman–Crippen LogP) is -0.441. The summed E-state index contributed by atoms with van der Waals surface area (Å²) in [4.78, 5) is 18.2. The topological polar surface area (TPSA) is 115 Å². The fourth-order valence-electron chi connectivity index (χ4n) is 2.28. The zero-order valence-electron chi connectivity index (χ0n) is 10.2. The lowest BCUT2D eigenvalue weighted by atomic mass is 10.2. The number of imidazole rings is 1. The number of ether oxygens (including phenoxy) is 2. The summed E-state index contributed by atoms with van der Waals surface area (Å²) in [5, 5.41) is 9.99. The van der Waals surface area contributed by atoms with Gasteiger partial charge in [0.2, 0.25) is 0 Å². The Kier molecular flexibility index (Phi) is 2.77. The number of aliphatic hydroxyl groups is 1. The van der Waals surface area contributed by atoms with Crippen molar-refractivity contribution >= 4 is 16.9 Å². The SMILES string of the molecule is CO[C@@H]1CC(O)[C@H](n2cnc3c(=O)[nH]c(N)cc32)O1. The molecular formula is C11H14N4O4. The number of methoxy groups -OCH3 is 1. The third kappa shape index (κ3) is 1.89. The molecule has 0 saturated carbocycles. The lowest BCUT2D eigenvalue weighted by Gasteiger charge is -2.16. The third-order valence-corrected chi connectivity index (χ3v) is 3.19. The fraction of sp³-hybridized carbons (Fsp3) is 0.455. The van der Waals surface area contributed by atoms with E-state index in [0.29, 0.717) is 11.9 Å². The summed E-state index contributed by atoms with van der Waals surface area (Å²) in [6, 6.07) is 1.58. The summed E-state index contributed by atoms with van der Waals surface area (Å²) in [5.74, 6) is 0.232. The number of hydrogen-bond acceptors (Lipinski definition) is 6. The van der Waals surface area contributed by atoms with Gasteiger partial charge in [-0.05, 0) is 0 Å². The van der Waals surface area contributed by atoms with Gasteiger partial charge in [0.1, 0.15) is 11.9 Å². The number of pyridine rings is 1. The molecule has 1 unspecified atom stereocenters. The van der Waals surface area contributed by atoms with Gasteiger partial charge in [-0.25, -0.2) is 4.98 Å². The molecule has 4 N–H and O–H groups in total. The average molecular weight is 266 g/mol. The van der Waals surface area contributed by atoms with Gasteiger partial charge in [-0.3, -0.25) is 4.79 Å². The second kappa shape index (κ2) is 4.34. The Bertz CT molecular complexity index is 664. The van der Waals surface area contributed by atoms with Gasteiger partial charge in [0.25, 0.3) is 5.56 Å². The minimum Gasteiger partial charge on any atom is -0.388 e. The molecule has 0 spiro atoms. The Morgan fingerprint density at radius 3 is 3.16 bits per heavy atom. The van der Waals surface area contributed by atoms with E-state index in [2.05, 4.69) is 9.97 Å². The summed E-state index contributed by atoms with van der Waals surface area (Å²) in [6.45, 7) is 0. The van der Waals surface area contributed by atoms with Crippen LogP contribution in [0.15, 0.2) is 17.2 Å². The Balaban J connectivity index is 2.09. The van der Waals surface area contributed by atoms with Crippen molar-refractivity contribution < 1.29 is 14.6 Å². The molecule has 1 aliphatic heterocycles. The molecule has 3 atom stereocenters. The van der Waals surface area contributed by atoms with E-state index in [9.17, 15) is 9.90 Å². The van der Waals surface area contributed by atoms with Gasteiger partial charge in [0.05, 0.1) is 11.8 Å². The second-order valence-corrected chi connectivity index (χ2v) is 4.43. The van der Waals surface area contributed by atoms with Crippen molar-refractivity contribution in [1.82, 2.24) is 14.5 Å². The van der Waals surface area contributed by atoms with Crippen molar-refractivity contribution in [2.75, 3.05) is 12.8 Å². The number of aromatic nitrogens is 3. The van der Waals surface area contributed by atoms with Crippen LogP contribution >= 0.6 is 0 Å². The summed E-state index contributed by atoms with van der Waals surface area (Å²) in [7, 11) is 1.51. The molecule has 8 nitrogen and oxygen atoms in total. The van der Waals surface area contributed by atoms with Crippen LogP contribution in [0.25, 0.3) is 11.0 Å². The van der Waals surface area contributed by atoms with Crippen molar-refractivity contribution in [1.29, 1.82) is 0 Å². The second-order valence-electron chi connectivity index (χ2n) is 4.43. The largest absolute Gasteiger partial charge is 0.388 e. The number of anilines is 1. The van der Waals surface area contributed by atoms with E-state index >= 15 is 0 Å². The van der Waals surface area contributed by atoms with Crippen LogP contribution in [0, 0.1) is 0 Å². The zero-order chi connectivity index (χ0) is 13.6. The number of fused-ring (bicyclic) bond motifs is 1. The highest BCUT2D eigenvalue weighted by Gasteiger charge is 2.36. The minimum absolute atomic E-state index is 0.232. The molecule has 1 saturated heterocycles. The number of aliphatic hydroxyl groups excluding tert-OH is 1. The first kappa shape index (κ1) is 12.2. The molecule has 19 heavy (non-hydrogen) atoms. The van der Waals surface area contributed by atoms with Crippen LogP contribution in [0.3, 0.4) is 0 Å². The Morgan fingerprint density at radius 1 is 1.68 bits per heavy atom. The molecule has 0 radical (unpaired) electrons. The Morgan fingerprint density at radius 2 is 2.47 bits per heavy atom. The predicted molar refractivity (Wildman–Crippen MR) is 66.3 cm³/mol. The maximum atomic E-state index is 11.7. The highest BCUT2D eigenvalue weighted by molar-refractivity contribution is 5.76. The van der Waals surface area contributed by atoms with Gasteiger partial charge in [0.15, 0.2) is 18.0 Å². The summed E-state index contributed by atoms with van der Waals surface area (Å²) < 4.78 is 12.2. The molecule has 0 aromatic carbocycles. The molecule has 2 aromatic rings. The van der Waals surface area contributed by atoms with Crippen LogP contribution in [-0.4, -0.2) is 39.1 Å².